The van der Waals surface area contributed by atoms with E-state index in [1.807, 2.05) is 54.6 Å². The molecule has 2 N–H and O–H groups in total. The molecule has 0 saturated carbocycles. The van der Waals surface area contributed by atoms with E-state index in [4.69, 9.17) is 17.3 Å². The summed E-state index contributed by atoms with van der Waals surface area (Å²) in [5.41, 5.74) is 7.46. The predicted octanol–water partition coefficient (Wildman–Crippen LogP) is 3.35. The summed E-state index contributed by atoms with van der Waals surface area (Å²) in [7, 11) is 0. The SMILES string of the molecule is NC(=O)CC(c1ccccc1)c1ccc(Cl)cc1. The second-order valence-corrected chi connectivity index (χ2v) is 4.62. The molecule has 0 aliphatic heterocycles. The van der Waals surface area contributed by atoms with Crippen LogP contribution in [0, 0.1) is 0 Å². The summed E-state index contributed by atoms with van der Waals surface area (Å²) in [6.07, 6.45) is 0.297. The number of primary amides is 1. The molecule has 1 unspecified atom stereocenters. The molecule has 0 spiro atoms. The van der Waals surface area contributed by atoms with Crippen LogP contribution in [0.1, 0.15) is 23.5 Å². The van der Waals surface area contributed by atoms with Crippen molar-refractivity contribution >= 4 is 17.5 Å². The lowest BCUT2D eigenvalue weighted by atomic mass is 9.88. The Labute approximate surface area is 111 Å². The molecule has 2 nitrogen and oxygen atoms in total. The minimum Gasteiger partial charge on any atom is -0.370 e. The van der Waals surface area contributed by atoms with Crippen molar-refractivity contribution in [2.24, 2.45) is 5.73 Å². The molecular weight excluding hydrogens is 246 g/mol. The Balaban J connectivity index is 2.36. The van der Waals surface area contributed by atoms with Crippen LogP contribution in [0.2, 0.25) is 5.02 Å². The summed E-state index contributed by atoms with van der Waals surface area (Å²) >= 11 is 5.88. The Kier molecular flexibility index (Phi) is 4.00. The zero-order valence-electron chi connectivity index (χ0n) is 9.84. The maximum absolute atomic E-state index is 11.2. The van der Waals surface area contributed by atoms with E-state index in [2.05, 4.69) is 0 Å². The first-order chi connectivity index (χ1) is 8.66. The van der Waals surface area contributed by atoms with Gasteiger partial charge in [0.15, 0.2) is 0 Å². The molecule has 0 aliphatic carbocycles. The number of halogens is 1. The second-order valence-electron chi connectivity index (χ2n) is 4.19. The van der Waals surface area contributed by atoms with E-state index in [9.17, 15) is 4.79 Å². The van der Waals surface area contributed by atoms with Crippen LogP contribution in [0.25, 0.3) is 0 Å². The number of carbonyl (C=O) groups is 1. The zero-order valence-corrected chi connectivity index (χ0v) is 10.6. The zero-order chi connectivity index (χ0) is 13.0. The third kappa shape index (κ3) is 3.11. The maximum Gasteiger partial charge on any atom is 0.218 e. The van der Waals surface area contributed by atoms with Gasteiger partial charge in [0.25, 0.3) is 0 Å². The molecule has 0 saturated heterocycles. The van der Waals surface area contributed by atoms with Crippen molar-refractivity contribution < 1.29 is 4.79 Å². The first-order valence-corrected chi connectivity index (χ1v) is 6.13. The minimum absolute atomic E-state index is 0.0130. The Bertz CT molecular complexity index is 522. The van der Waals surface area contributed by atoms with Crippen LogP contribution in [0.5, 0.6) is 0 Å². The number of hydrogen-bond acceptors (Lipinski definition) is 1. The largest absolute Gasteiger partial charge is 0.370 e. The minimum atomic E-state index is -0.307. The number of carbonyl (C=O) groups excluding carboxylic acids is 1. The second kappa shape index (κ2) is 5.69. The van der Waals surface area contributed by atoms with E-state index in [0.717, 1.165) is 11.1 Å². The molecule has 0 heterocycles. The van der Waals surface area contributed by atoms with Crippen molar-refractivity contribution in [2.45, 2.75) is 12.3 Å². The van der Waals surface area contributed by atoms with Crippen LogP contribution in [-0.2, 0) is 4.79 Å². The van der Waals surface area contributed by atoms with E-state index in [0.29, 0.717) is 11.4 Å². The van der Waals surface area contributed by atoms with Crippen LogP contribution in [0.4, 0.5) is 0 Å². The van der Waals surface area contributed by atoms with Crippen molar-refractivity contribution in [3.8, 4) is 0 Å². The average molecular weight is 260 g/mol. The van der Waals surface area contributed by atoms with E-state index >= 15 is 0 Å². The predicted molar refractivity (Wildman–Crippen MR) is 73.5 cm³/mol. The van der Waals surface area contributed by atoms with Gasteiger partial charge in [-0.3, -0.25) is 4.79 Å². The molecule has 92 valence electrons. The van der Waals surface area contributed by atoms with Crippen molar-refractivity contribution in [1.29, 1.82) is 0 Å². The number of nitrogens with two attached hydrogens (primary N) is 1. The Morgan fingerprint density at radius 3 is 2.11 bits per heavy atom. The van der Waals surface area contributed by atoms with Crippen molar-refractivity contribution in [1.82, 2.24) is 0 Å². The molecule has 0 radical (unpaired) electrons. The third-order valence-corrected chi connectivity index (χ3v) is 3.13. The standard InChI is InChI=1S/C15H14ClNO/c16-13-8-6-12(7-9-13)14(10-15(17)18)11-4-2-1-3-5-11/h1-9,14H,10H2,(H2,17,18). The molecular formula is C15H14ClNO. The molecule has 18 heavy (non-hydrogen) atoms. The van der Waals surface area contributed by atoms with Gasteiger partial charge in [0.1, 0.15) is 0 Å². The van der Waals surface area contributed by atoms with Crippen molar-refractivity contribution in [2.75, 3.05) is 0 Å². The molecule has 2 aromatic carbocycles. The van der Waals surface area contributed by atoms with Crippen molar-refractivity contribution in [3.63, 3.8) is 0 Å². The number of benzene rings is 2. The highest BCUT2D eigenvalue weighted by molar-refractivity contribution is 6.30. The summed E-state index contributed by atoms with van der Waals surface area (Å²) < 4.78 is 0. The maximum atomic E-state index is 11.2. The molecule has 0 bridgehead atoms. The van der Waals surface area contributed by atoms with E-state index < -0.39 is 0 Å². The quantitative estimate of drug-likeness (QED) is 0.899. The summed E-state index contributed by atoms with van der Waals surface area (Å²) in [5.74, 6) is -0.320. The number of rotatable bonds is 4. The fourth-order valence-electron chi connectivity index (χ4n) is 2.01. The van der Waals surface area contributed by atoms with Gasteiger partial charge in [-0.25, -0.2) is 0 Å². The highest BCUT2D eigenvalue weighted by Crippen LogP contribution is 2.28. The van der Waals surface area contributed by atoms with Gasteiger partial charge in [0.05, 0.1) is 0 Å². The molecule has 1 amide bonds. The van der Waals surface area contributed by atoms with Crippen molar-refractivity contribution in [3.05, 3.63) is 70.7 Å². The smallest absolute Gasteiger partial charge is 0.218 e. The van der Waals surface area contributed by atoms with E-state index in [1.165, 1.54) is 0 Å². The molecule has 0 aromatic heterocycles. The van der Waals surface area contributed by atoms with Crippen LogP contribution in [0.3, 0.4) is 0 Å². The van der Waals surface area contributed by atoms with Gasteiger partial charge in [-0.15, -0.1) is 0 Å². The molecule has 2 rings (SSSR count). The lowest BCUT2D eigenvalue weighted by molar-refractivity contribution is -0.118. The van der Waals surface area contributed by atoms with Gasteiger partial charge in [-0.1, -0.05) is 54.1 Å². The van der Waals surface area contributed by atoms with Gasteiger partial charge in [0.2, 0.25) is 5.91 Å². The van der Waals surface area contributed by atoms with Gasteiger partial charge < -0.3 is 5.73 Å². The first-order valence-electron chi connectivity index (χ1n) is 5.75. The molecule has 2 aromatic rings. The van der Waals surface area contributed by atoms with Gasteiger partial charge >= 0.3 is 0 Å². The fraction of sp³-hybridized carbons (Fsp3) is 0.133. The van der Waals surface area contributed by atoms with Crippen LogP contribution < -0.4 is 5.73 Å². The van der Waals surface area contributed by atoms with E-state index in [-0.39, 0.29) is 11.8 Å². The summed E-state index contributed by atoms with van der Waals surface area (Å²) in [6.45, 7) is 0. The van der Waals surface area contributed by atoms with E-state index in [1.54, 1.807) is 0 Å². The monoisotopic (exact) mass is 259 g/mol. The summed E-state index contributed by atoms with van der Waals surface area (Å²) in [6, 6.07) is 17.4. The van der Waals surface area contributed by atoms with Crippen LogP contribution in [-0.4, -0.2) is 5.91 Å². The Hall–Kier alpha value is -1.80. The molecule has 0 fully saturated rings. The van der Waals surface area contributed by atoms with Gasteiger partial charge in [-0.2, -0.15) is 0 Å². The Morgan fingerprint density at radius 2 is 1.56 bits per heavy atom. The number of hydrogen-bond donors (Lipinski definition) is 1. The first kappa shape index (κ1) is 12.7. The molecule has 0 aliphatic rings. The van der Waals surface area contributed by atoms with Gasteiger partial charge in [0, 0.05) is 17.4 Å². The highest BCUT2D eigenvalue weighted by Gasteiger charge is 2.16. The summed E-state index contributed by atoms with van der Waals surface area (Å²) in [5, 5.41) is 0.685. The van der Waals surface area contributed by atoms with Crippen LogP contribution >= 0.6 is 11.6 Å². The average Bonchev–Trinajstić information content (AvgIpc) is 2.38. The summed E-state index contributed by atoms with van der Waals surface area (Å²) in [4.78, 5) is 11.2. The molecule has 3 heteroatoms. The normalized spacial score (nSPS) is 12.1. The van der Waals surface area contributed by atoms with Gasteiger partial charge in [-0.05, 0) is 23.3 Å². The third-order valence-electron chi connectivity index (χ3n) is 2.88. The highest BCUT2D eigenvalue weighted by atomic mass is 35.5. The van der Waals surface area contributed by atoms with Crippen LogP contribution in [0.15, 0.2) is 54.6 Å². The fourth-order valence-corrected chi connectivity index (χ4v) is 2.14. The lowest BCUT2D eigenvalue weighted by Crippen LogP contribution is -2.16. The molecule has 1 atom stereocenters. The Morgan fingerprint density at radius 1 is 1.00 bits per heavy atom. The lowest BCUT2D eigenvalue weighted by Gasteiger charge is -2.16. The number of amides is 1. The topological polar surface area (TPSA) is 43.1 Å².